The van der Waals surface area contributed by atoms with E-state index in [0.29, 0.717) is 12.6 Å². The average Bonchev–Trinajstić information content (AvgIpc) is 2.29. The predicted octanol–water partition coefficient (Wildman–Crippen LogP) is 1.95. The van der Waals surface area contributed by atoms with Gasteiger partial charge < -0.3 is 15.2 Å². The Balaban J connectivity index is 2.52. The third-order valence-corrected chi connectivity index (χ3v) is 2.48. The molecule has 0 aliphatic heterocycles. The van der Waals surface area contributed by atoms with Crippen LogP contribution in [-0.2, 0) is 6.54 Å². The fourth-order valence-electron chi connectivity index (χ4n) is 1.53. The fourth-order valence-corrected chi connectivity index (χ4v) is 1.53. The second kappa shape index (κ2) is 7.25. The van der Waals surface area contributed by atoms with Gasteiger partial charge in [-0.1, -0.05) is 18.2 Å². The number of hydrogen-bond acceptors (Lipinski definition) is 3. The van der Waals surface area contributed by atoms with Crippen molar-refractivity contribution < 1.29 is 9.84 Å². The van der Waals surface area contributed by atoms with E-state index < -0.39 is 0 Å². The smallest absolute Gasteiger partial charge is 0.123 e. The second-order valence-electron chi connectivity index (χ2n) is 3.83. The highest BCUT2D eigenvalue weighted by Crippen LogP contribution is 2.17. The van der Waals surface area contributed by atoms with Gasteiger partial charge in [-0.15, -0.1) is 0 Å². The molecule has 0 heterocycles. The van der Waals surface area contributed by atoms with Gasteiger partial charge in [0, 0.05) is 24.8 Å². The third-order valence-electron chi connectivity index (χ3n) is 2.48. The van der Waals surface area contributed by atoms with Crippen molar-refractivity contribution in [3.63, 3.8) is 0 Å². The van der Waals surface area contributed by atoms with Gasteiger partial charge in [-0.2, -0.15) is 0 Å². The van der Waals surface area contributed by atoms with Crippen LogP contribution in [0.5, 0.6) is 5.75 Å². The Labute approximate surface area is 97.4 Å². The maximum atomic E-state index is 8.81. The average molecular weight is 223 g/mol. The molecule has 0 bridgehead atoms. The summed E-state index contributed by atoms with van der Waals surface area (Å²) in [5.74, 6) is 0.939. The standard InChI is InChI=1S/C13H21NO2/c1-3-16-13-7-5-4-6-12(13)10-14-11(2)8-9-15/h4-7,11,14-15H,3,8-10H2,1-2H3/t11-/m1/s1. The Morgan fingerprint density at radius 3 is 2.81 bits per heavy atom. The number of rotatable bonds is 7. The van der Waals surface area contributed by atoms with Crippen LogP contribution < -0.4 is 10.1 Å². The Morgan fingerprint density at radius 2 is 2.12 bits per heavy atom. The zero-order valence-corrected chi connectivity index (χ0v) is 10.1. The molecule has 1 aromatic rings. The van der Waals surface area contributed by atoms with Crippen molar-refractivity contribution in [2.24, 2.45) is 0 Å². The fraction of sp³-hybridized carbons (Fsp3) is 0.538. The molecule has 0 saturated heterocycles. The Morgan fingerprint density at radius 1 is 1.38 bits per heavy atom. The van der Waals surface area contributed by atoms with Crippen molar-refractivity contribution >= 4 is 0 Å². The van der Waals surface area contributed by atoms with Crippen molar-refractivity contribution in [1.82, 2.24) is 5.32 Å². The molecule has 0 aliphatic carbocycles. The minimum atomic E-state index is 0.223. The van der Waals surface area contributed by atoms with Crippen LogP contribution in [0.15, 0.2) is 24.3 Å². The molecule has 0 fully saturated rings. The molecule has 1 aromatic carbocycles. The molecule has 0 spiro atoms. The molecular weight excluding hydrogens is 202 g/mol. The van der Waals surface area contributed by atoms with Crippen molar-refractivity contribution in [2.75, 3.05) is 13.2 Å². The summed E-state index contributed by atoms with van der Waals surface area (Å²) in [6.07, 6.45) is 0.775. The molecular formula is C13H21NO2. The normalized spacial score (nSPS) is 12.4. The van der Waals surface area contributed by atoms with E-state index in [0.717, 1.165) is 24.3 Å². The first-order valence-electron chi connectivity index (χ1n) is 5.82. The van der Waals surface area contributed by atoms with Crippen LogP contribution in [0.2, 0.25) is 0 Å². The van der Waals surface area contributed by atoms with Gasteiger partial charge in [-0.25, -0.2) is 0 Å². The number of para-hydroxylation sites is 1. The second-order valence-corrected chi connectivity index (χ2v) is 3.83. The van der Waals surface area contributed by atoms with Gasteiger partial charge in [-0.3, -0.25) is 0 Å². The molecule has 16 heavy (non-hydrogen) atoms. The first-order chi connectivity index (χ1) is 7.77. The van der Waals surface area contributed by atoms with Crippen LogP contribution in [0.3, 0.4) is 0 Å². The Kier molecular flexibility index (Phi) is 5.90. The SMILES string of the molecule is CCOc1ccccc1CN[C@H](C)CCO. The number of aliphatic hydroxyl groups is 1. The monoisotopic (exact) mass is 223 g/mol. The van der Waals surface area contributed by atoms with Gasteiger partial charge in [0.1, 0.15) is 5.75 Å². The molecule has 2 N–H and O–H groups in total. The molecule has 0 aliphatic rings. The lowest BCUT2D eigenvalue weighted by molar-refractivity contribution is 0.268. The quantitative estimate of drug-likeness (QED) is 0.742. The number of benzene rings is 1. The minimum absolute atomic E-state index is 0.223. The molecule has 0 aromatic heterocycles. The third kappa shape index (κ3) is 4.21. The van der Waals surface area contributed by atoms with E-state index in [-0.39, 0.29) is 6.61 Å². The van der Waals surface area contributed by atoms with Gasteiger partial charge in [0.05, 0.1) is 6.61 Å². The summed E-state index contributed by atoms with van der Waals surface area (Å²) < 4.78 is 5.54. The van der Waals surface area contributed by atoms with E-state index in [1.54, 1.807) is 0 Å². The van der Waals surface area contributed by atoms with Gasteiger partial charge in [0.15, 0.2) is 0 Å². The number of ether oxygens (including phenoxy) is 1. The van der Waals surface area contributed by atoms with Crippen LogP contribution in [0.25, 0.3) is 0 Å². The summed E-state index contributed by atoms with van der Waals surface area (Å²) in [5.41, 5.74) is 1.16. The zero-order valence-electron chi connectivity index (χ0n) is 10.1. The predicted molar refractivity (Wildman–Crippen MR) is 65.6 cm³/mol. The molecule has 0 unspecified atom stereocenters. The van der Waals surface area contributed by atoms with E-state index in [1.807, 2.05) is 25.1 Å². The highest BCUT2D eigenvalue weighted by atomic mass is 16.5. The Bertz CT molecular complexity index is 302. The van der Waals surface area contributed by atoms with Crippen molar-refractivity contribution in [3.8, 4) is 5.75 Å². The summed E-state index contributed by atoms with van der Waals surface area (Å²) in [6, 6.07) is 8.35. The topological polar surface area (TPSA) is 41.5 Å². The maximum Gasteiger partial charge on any atom is 0.123 e. The van der Waals surface area contributed by atoms with Crippen LogP contribution in [0.1, 0.15) is 25.8 Å². The summed E-state index contributed by atoms with van der Waals surface area (Å²) >= 11 is 0. The van der Waals surface area contributed by atoms with E-state index in [2.05, 4.69) is 18.3 Å². The molecule has 90 valence electrons. The number of hydrogen-bond donors (Lipinski definition) is 2. The van der Waals surface area contributed by atoms with Crippen LogP contribution in [0.4, 0.5) is 0 Å². The highest BCUT2D eigenvalue weighted by molar-refractivity contribution is 5.33. The highest BCUT2D eigenvalue weighted by Gasteiger charge is 2.04. The molecule has 0 radical (unpaired) electrons. The van der Waals surface area contributed by atoms with Crippen molar-refractivity contribution in [1.29, 1.82) is 0 Å². The molecule has 0 saturated carbocycles. The van der Waals surface area contributed by atoms with Gasteiger partial charge in [0.2, 0.25) is 0 Å². The molecule has 3 heteroatoms. The Hall–Kier alpha value is -1.06. The lowest BCUT2D eigenvalue weighted by Crippen LogP contribution is -2.26. The first-order valence-corrected chi connectivity index (χ1v) is 5.82. The van der Waals surface area contributed by atoms with E-state index in [1.165, 1.54) is 0 Å². The summed E-state index contributed by atoms with van der Waals surface area (Å²) in [5, 5.41) is 12.2. The van der Waals surface area contributed by atoms with Gasteiger partial charge in [0.25, 0.3) is 0 Å². The van der Waals surface area contributed by atoms with Crippen LogP contribution in [-0.4, -0.2) is 24.4 Å². The van der Waals surface area contributed by atoms with E-state index in [4.69, 9.17) is 9.84 Å². The summed E-state index contributed by atoms with van der Waals surface area (Å²) in [6.45, 7) is 5.74. The number of nitrogens with one attached hydrogen (secondary N) is 1. The number of aliphatic hydroxyl groups excluding tert-OH is 1. The summed E-state index contributed by atoms with van der Waals surface area (Å²) in [7, 11) is 0. The van der Waals surface area contributed by atoms with Crippen LogP contribution in [0, 0.1) is 0 Å². The van der Waals surface area contributed by atoms with Crippen molar-refractivity contribution in [2.45, 2.75) is 32.9 Å². The van der Waals surface area contributed by atoms with E-state index >= 15 is 0 Å². The lowest BCUT2D eigenvalue weighted by atomic mass is 10.1. The van der Waals surface area contributed by atoms with Crippen molar-refractivity contribution in [3.05, 3.63) is 29.8 Å². The zero-order chi connectivity index (χ0) is 11.8. The molecule has 1 rings (SSSR count). The van der Waals surface area contributed by atoms with Crippen LogP contribution >= 0.6 is 0 Å². The lowest BCUT2D eigenvalue weighted by Gasteiger charge is -2.14. The molecule has 1 atom stereocenters. The maximum absolute atomic E-state index is 8.81. The molecule has 3 nitrogen and oxygen atoms in total. The first kappa shape index (κ1) is 13.0. The minimum Gasteiger partial charge on any atom is -0.494 e. The van der Waals surface area contributed by atoms with Gasteiger partial charge >= 0.3 is 0 Å². The largest absolute Gasteiger partial charge is 0.494 e. The molecule has 0 amide bonds. The summed E-state index contributed by atoms with van der Waals surface area (Å²) in [4.78, 5) is 0. The van der Waals surface area contributed by atoms with Gasteiger partial charge in [-0.05, 0) is 26.3 Å². The van der Waals surface area contributed by atoms with E-state index in [9.17, 15) is 0 Å².